The summed E-state index contributed by atoms with van der Waals surface area (Å²) in [6.45, 7) is 7.15. The normalized spacial score (nSPS) is 18.0. The van der Waals surface area contributed by atoms with Gasteiger partial charge in [-0.3, -0.25) is 9.80 Å². The summed E-state index contributed by atoms with van der Waals surface area (Å²) in [5, 5.41) is 9.55. The molecule has 0 spiro atoms. The molecule has 0 unspecified atom stereocenters. The van der Waals surface area contributed by atoms with Crippen LogP contribution in [0.5, 0.6) is 11.5 Å². The average molecular weight is 403 g/mol. The lowest BCUT2D eigenvalue weighted by Gasteiger charge is -2.41. The van der Waals surface area contributed by atoms with E-state index in [1.54, 1.807) is 6.07 Å². The highest BCUT2D eigenvalue weighted by atomic mass is 19.1. The fourth-order valence-electron chi connectivity index (χ4n) is 3.88. The summed E-state index contributed by atoms with van der Waals surface area (Å²) in [7, 11) is 1.49. The maximum absolute atomic E-state index is 13.7. The Morgan fingerprint density at radius 1 is 1.07 bits per heavy atom. The van der Waals surface area contributed by atoms with Gasteiger partial charge in [-0.1, -0.05) is 18.2 Å². The van der Waals surface area contributed by atoms with Gasteiger partial charge in [0.05, 0.1) is 13.7 Å². The number of piperazine rings is 1. The molecule has 6 heteroatoms. The first-order chi connectivity index (χ1) is 14.1. The van der Waals surface area contributed by atoms with Gasteiger partial charge in [-0.25, -0.2) is 4.39 Å². The maximum Gasteiger partial charge on any atom is 0.165 e. The van der Waals surface area contributed by atoms with Gasteiger partial charge in [0, 0.05) is 45.4 Å². The summed E-state index contributed by atoms with van der Waals surface area (Å²) in [4.78, 5) is 4.80. The molecule has 2 aromatic carbocycles. The molecule has 1 fully saturated rings. The van der Waals surface area contributed by atoms with Crippen molar-refractivity contribution < 1.29 is 19.0 Å². The largest absolute Gasteiger partial charge is 0.494 e. The molecule has 0 saturated carbocycles. The first-order valence-electron chi connectivity index (χ1n) is 10.2. The van der Waals surface area contributed by atoms with E-state index in [-0.39, 0.29) is 24.2 Å². The van der Waals surface area contributed by atoms with E-state index < -0.39 is 0 Å². The van der Waals surface area contributed by atoms with E-state index in [1.165, 1.54) is 18.7 Å². The summed E-state index contributed by atoms with van der Waals surface area (Å²) < 4.78 is 24.3. The molecule has 29 heavy (non-hydrogen) atoms. The van der Waals surface area contributed by atoms with Crippen LogP contribution >= 0.6 is 0 Å². The van der Waals surface area contributed by atoms with Crippen molar-refractivity contribution in [3.05, 3.63) is 59.4 Å². The summed E-state index contributed by atoms with van der Waals surface area (Å²) in [6.07, 6.45) is 0.736. The maximum atomic E-state index is 13.7. The Hall–Kier alpha value is -2.15. The van der Waals surface area contributed by atoms with Gasteiger partial charge in [0.1, 0.15) is 5.75 Å². The Bertz CT molecular complexity index is 769. The van der Waals surface area contributed by atoms with E-state index >= 15 is 0 Å². The molecular formula is C23H31FN2O3. The van der Waals surface area contributed by atoms with Crippen LogP contribution in [0.1, 0.15) is 24.5 Å². The van der Waals surface area contributed by atoms with Crippen LogP contribution in [0.2, 0.25) is 0 Å². The Morgan fingerprint density at radius 3 is 2.52 bits per heavy atom. The van der Waals surface area contributed by atoms with Gasteiger partial charge in [0.2, 0.25) is 0 Å². The molecule has 158 valence electrons. The molecule has 1 aliphatic heterocycles. The van der Waals surface area contributed by atoms with Crippen LogP contribution in [-0.4, -0.2) is 60.9 Å². The van der Waals surface area contributed by atoms with Crippen molar-refractivity contribution in [2.75, 3.05) is 40.0 Å². The van der Waals surface area contributed by atoms with E-state index in [4.69, 9.17) is 9.47 Å². The Morgan fingerprint density at radius 2 is 1.83 bits per heavy atom. The summed E-state index contributed by atoms with van der Waals surface area (Å²) in [6, 6.07) is 13.6. The average Bonchev–Trinajstić information content (AvgIpc) is 2.73. The van der Waals surface area contributed by atoms with Crippen molar-refractivity contribution in [1.82, 2.24) is 9.80 Å². The van der Waals surface area contributed by atoms with Gasteiger partial charge in [0.15, 0.2) is 11.6 Å². The lowest BCUT2D eigenvalue weighted by atomic mass is 10.1. The fraction of sp³-hybridized carbons (Fsp3) is 0.478. The van der Waals surface area contributed by atoms with Gasteiger partial charge in [-0.2, -0.15) is 0 Å². The third-order valence-electron chi connectivity index (χ3n) is 5.39. The van der Waals surface area contributed by atoms with Crippen LogP contribution in [0.15, 0.2) is 42.5 Å². The topological polar surface area (TPSA) is 45.2 Å². The summed E-state index contributed by atoms with van der Waals surface area (Å²) >= 11 is 0. The first-order valence-corrected chi connectivity index (χ1v) is 10.2. The number of ether oxygens (including phenoxy) is 2. The minimum atomic E-state index is -0.338. The third kappa shape index (κ3) is 5.92. The molecule has 1 heterocycles. The second-order valence-corrected chi connectivity index (χ2v) is 7.42. The van der Waals surface area contributed by atoms with E-state index in [0.29, 0.717) is 6.61 Å². The van der Waals surface area contributed by atoms with Crippen molar-refractivity contribution in [2.24, 2.45) is 0 Å². The predicted octanol–water partition coefficient (Wildman–Crippen LogP) is 3.30. The van der Waals surface area contributed by atoms with Crippen LogP contribution in [0, 0.1) is 5.82 Å². The minimum Gasteiger partial charge on any atom is -0.494 e. The van der Waals surface area contributed by atoms with Crippen molar-refractivity contribution in [1.29, 1.82) is 0 Å². The van der Waals surface area contributed by atoms with Gasteiger partial charge in [-0.15, -0.1) is 0 Å². The van der Waals surface area contributed by atoms with Crippen LogP contribution in [-0.2, 0) is 13.1 Å². The molecular weight excluding hydrogens is 371 g/mol. The van der Waals surface area contributed by atoms with E-state index in [1.807, 2.05) is 25.1 Å². The lowest BCUT2D eigenvalue weighted by Crippen LogP contribution is -2.52. The Labute approximate surface area is 172 Å². The number of halogens is 1. The number of hydrogen-bond acceptors (Lipinski definition) is 5. The van der Waals surface area contributed by atoms with Crippen LogP contribution in [0.25, 0.3) is 0 Å². The quantitative estimate of drug-likeness (QED) is 0.697. The minimum absolute atomic E-state index is 0.169. The smallest absolute Gasteiger partial charge is 0.165 e. The highest BCUT2D eigenvalue weighted by Gasteiger charge is 2.26. The number of methoxy groups -OCH3 is 1. The van der Waals surface area contributed by atoms with Crippen molar-refractivity contribution in [2.45, 2.75) is 32.5 Å². The van der Waals surface area contributed by atoms with E-state index in [9.17, 15) is 9.50 Å². The van der Waals surface area contributed by atoms with Crippen molar-refractivity contribution in [3.63, 3.8) is 0 Å². The van der Waals surface area contributed by atoms with Crippen molar-refractivity contribution >= 4 is 0 Å². The number of rotatable bonds is 9. The summed E-state index contributed by atoms with van der Waals surface area (Å²) in [5.41, 5.74) is 2.28. The monoisotopic (exact) mass is 402 g/mol. The molecule has 0 aromatic heterocycles. The molecule has 2 aromatic rings. The zero-order valence-electron chi connectivity index (χ0n) is 17.3. The molecule has 1 atom stereocenters. The molecule has 1 aliphatic rings. The van der Waals surface area contributed by atoms with E-state index in [2.05, 4.69) is 21.9 Å². The lowest BCUT2D eigenvalue weighted by molar-refractivity contribution is 0.0499. The summed E-state index contributed by atoms with van der Waals surface area (Å²) in [5.74, 6) is 0.834. The van der Waals surface area contributed by atoms with Gasteiger partial charge >= 0.3 is 0 Å². The van der Waals surface area contributed by atoms with Crippen LogP contribution < -0.4 is 9.47 Å². The zero-order valence-corrected chi connectivity index (χ0v) is 17.3. The number of aliphatic hydroxyl groups excluding tert-OH is 1. The molecule has 1 saturated heterocycles. The SMILES string of the molecule is CCOc1ccc(CN2CCN(Cc3ccc(F)c(OC)c3)C[C@@H]2CCO)cc1. The zero-order chi connectivity index (χ0) is 20.6. The molecule has 0 radical (unpaired) electrons. The predicted molar refractivity (Wildman–Crippen MR) is 112 cm³/mol. The highest BCUT2D eigenvalue weighted by Crippen LogP contribution is 2.22. The standard InChI is InChI=1S/C23H31FN2O3/c1-3-29-21-7-4-18(5-8-21)16-26-12-11-25(17-20(26)10-13-27)15-19-6-9-22(24)23(14-19)28-2/h4-9,14,20,27H,3,10-13,15-17H2,1-2H3/t20-/m0/s1. The number of aliphatic hydroxyl groups is 1. The van der Waals surface area contributed by atoms with Crippen molar-refractivity contribution in [3.8, 4) is 11.5 Å². The molecule has 0 aliphatic carbocycles. The number of benzene rings is 2. The molecule has 0 amide bonds. The fourth-order valence-corrected chi connectivity index (χ4v) is 3.88. The molecule has 3 rings (SSSR count). The second kappa shape index (κ2) is 10.6. The molecule has 5 nitrogen and oxygen atoms in total. The first kappa shape index (κ1) is 21.6. The Kier molecular flexibility index (Phi) is 7.86. The third-order valence-corrected chi connectivity index (χ3v) is 5.39. The number of nitrogens with zero attached hydrogens (tertiary/aromatic N) is 2. The van der Waals surface area contributed by atoms with Crippen LogP contribution in [0.4, 0.5) is 4.39 Å². The molecule has 0 bridgehead atoms. The number of hydrogen-bond donors (Lipinski definition) is 1. The van der Waals surface area contributed by atoms with Gasteiger partial charge in [0.25, 0.3) is 0 Å². The van der Waals surface area contributed by atoms with Gasteiger partial charge in [-0.05, 0) is 48.7 Å². The van der Waals surface area contributed by atoms with E-state index in [0.717, 1.165) is 50.5 Å². The van der Waals surface area contributed by atoms with Crippen LogP contribution in [0.3, 0.4) is 0 Å². The van der Waals surface area contributed by atoms with Gasteiger partial charge < -0.3 is 14.6 Å². The Balaban J connectivity index is 1.61. The molecule has 1 N–H and O–H groups in total. The second-order valence-electron chi connectivity index (χ2n) is 7.42. The highest BCUT2D eigenvalue weighted by molar-refractivity contribution is 5.30.